The van der Waals surface area contributed by atoms with Gasteiger partial charge >= 0.3 is 0 Å². The van der Waals surface area contributed by atoms with Gasteiger partial charge in [-0.25, -0.2) is 4.98 Å². The highest BCUT2D eigenvalue weighted by atomic mass is 16.5. The zero-order valence-corrected chi connectivity index (χ0v) is 10.2. The van der Waals surface area contributed by atoms with Crippen LogP contribution in [0.1, 0.15) is 37.5 Å². The molecular formula is C12H14N4O2. The van der Waals surface area contributed by atoms with Gasteiger partial charge in [-0.3, -0.25) is 4.79 Å². The molecule has 0 bridgehead atoms. The van der Waals surface area contributed by atoms with Crippen molar-refractivity contribution in [3.05, 3.63) is 18.4 Å². The van der Waals surface area contributed by atoms with E-state index in [2.05, 4.69) is 15.1 Å². The lowest BCUT2D eigenvalue weighted by molar-refractivity contribution is -0.120. The third-order valence-corrected chi connectivity index (χ3v) is 3.38. The van der Waals surface area contributed by atoms with E-state index in [1.54, 1.807) is 12.5 Å². The maximum atomic E-state index is 11.2. The molecule has 0 amide bonds. The van der Waals surface area contributed by atoms with Gasteiger partial charge in [0.25, 0.3) is 0 Å². The standard InChI is InChI=1S/C12H14N4O2/c1-16-7-13-6-10(16)11-14-12(18-15-11)8-2-4-9(17)5-3-8/h6-8H,2-5H2,1H3. The first-order chi connectivity index (χ1) is 8.74. The van der Waals surface area contributed by atoms with Crippen molar-refractivity contribution in [1.29, 1.82) is 0 Å². The second kappa shape index (κ2) is 4.36. The Labute approximate surface area is 104 Å². The number of hydrogen-bond acceptors (Lipinski definition) is 5. The zero-order chi connectivity index (χ0) is 12.5. The topological polar surface area (TPSA) is 73.8 Å². The summed E-state index contributed by atoms with van der Waals surface area (Å²) >= 11 is 0. The number of Topliss-reactive ketones (excluding diaryl/α,β-unsaturated/α-hetero) is 1. The molecule has 18 heavy (non-hydrogen) atoms. The summed E-state index contributed by atoms with van der Waals surface area (Å²) < 4.78 is 7.15. The number of hydrogen-bond donors (Lipinski definition) is 0. The van der Waals surface area contributed by atoms with Gasteiger partial charge < -0.3 is 9.09 Å². The van der Waals surface area contributed by atoms with E-state index in [1.165, 1.54) is 0 Å². The van der Waals surface area contributed by atoms with Gasteiger partial charge in [-0.15, -0.1) is 0 Å². The molecule has 94 valence electrons. The van der Waals surface area contributed by atoms with Gasteiger partial charge in [0.15, 0.2) is 0 Å². The fourth-order valence-corrected chi connectivity index (χ4v) is 2.26. The molecule has 1 fully saturated rings. The van der Waals surface area contributed by atoms with Crippen molar-refractivity contribution < 1.29 is 9.32 Å². The fraction of sp³-hybridized carbons (Fsp3) is 0.500. The minimum absolute atomic E-state index is 0.220. The molecule has 0 unspecified atom stereocenters. The highest BCUT2D eigenvalue weighted by Gasteiger charge is 2.25. The second-order valence-electron chi connectivity index (χ2n) is 4.66. The lowest BCUT2D eigenvalue weighted by Crippen LogP contribution is -2.12. The van der Waals surface area contributed by atoms with E-state index in [1.807, 2.05) is 11.6 Å². The smallest absolute Gasteiger partial charge is 0.230 e. The van der Waals surface area contributed by atoms with Crippen LogP contribution in [0.4, 0.5) is 0 Å². The van der Waals surface area contributed by atoms with Crippen LogP contribution in [0.5, 0.6) is 0 Å². The van der Waals surface area contributed by atoms with Gasteiger partial charge in [0.2, 0.25) is 11.7 Å². The number of imidazole rings is 1. The Morgan fingerprint density at radius 1 is 1.39 bits per heavy atom. The van der Waals surface area contributed by atoms with Gasteiger partial charge in [0.1, 0.15) is 11.5 Å². The van der Waals surface area contributed by atoms with Gasteiger partial charge in [-0.2, -0.15) is 4.98 Å². The van der Waals surface area contributed by atoms with Crippen molar-refractivity contribution in [3.8, 4) is 11.5 Å². The minimum atomic E-state index is 0.220. The average Bonchev–Trinajstić information content (AvgIpc) is 2.98. The van der Waals surface area contributed by atoms with Crippen molar-refractivity contribution in [1.82, 2.24) is 19.7 Å². The molecule has 1 aliphatic carbocycles. The summed E-state index contributed by atoms with van der Waals surface area (Å²) in [6.07, 6.45) is 6.27. The van der Waals surface area contributed by atoms with Crippen LogP contribution in [0.15, 0.2) is 17.0 Å². The second-order valence-corrected chi connectivity index (χ2v) is 4.66. The summed E-state index contributed by atoms with van der Waals surface area (Å²) in [5.74, 6) is 1.75. The van der Waals surface area contributed by atoms with Gasteiger partial charge in [0, 0.05) is 25.8 Å². The van der Waals surface area contributed by atoms with Crippen LogP contribution in [-0.2, 0) is 11.8 Å². The van der Waals surface area contributed by atoms with Gasteiger partial charge in [-0.1, -0.05) is 5.16 Å². The highest BCUT2D eigenvalue weighted by molar-refractivity contribution is 5.79. The normalized spacial score (nSPS) is 17.3. The molecule has 6 heteroatoms. The monoisotopic (exact) mass is 246 g/mol. The summed E-state index contributed by atoms with van der Waals surface area (Å²) in [5.41, 5.74) is 0.830. The Bertz CT molecular complexity index is 562. The third-order valence-electron chi connectivity index (χ3n) is 3.38. The fourth-order valence-electron chi connectivity index (χ4n) is 2.26. The summed E-state index contributed by atoms with van der Waals surface area (Å²) in [5, 5.41) is 3.98. The molecule has 3 rings (SSSR count). The number of aryl methyl sites for hydroxylation is 1. The number of carbonyl (C=O) groups excluding carboxylic acids is 1. The summed E-state index contributed by atoms with van der Waals surface area (Å²) in [6.45, 7) is 0. The van der Waals surface area contributed by atoms with Crippen LogP contribution in [0.25, 0.3) is 11.5 Å². The number of ketones is 1. The van der Waals surface area contributed by atoms with Crippen molar-refractivity contribution in [2.24, 2.45) is 7.05 Å². The summed E-state index contributed by atoms with van der Waals surface area (Å²) in [6, 6.07) is 0. The van der Waals surface area contributed by atoms with Crippen molar-refractivity contribution >= 4 is 5.78 Å². The maximum absolute atomic E-state index is 11.2. The molecule has 0 aliphatic heterocycles. The van der Waals surface area contributed by atoms with Crippen molar-refractivity contribution in [2.75, 3.05) is 0 Å². The molecule has 0 spiro atoms. The predicted molar refractivity (Wildman–Crippen MR) is 62.7 cm³/mol. The molecule has 0 atom stereocenters. The van der Waals surface area contributed by atoms with Crippen LogP contribution >= 0.6 is 0 Å². The minimum Gasteiger partial charge on any atom is -0.339 e. The average molecular weight is 246 g/mol. The van der Waals surface area contributed by atoms with Crippen molar-refractivity contribution in [2.45, 2.75) is 31.6 Å². The Morgan fingerprint density at radius 2 is 2.17 bits per heavy atom. The highest BCUT2D eigenvalue weighted by Crippen LogP contribution is 2.31. The number of nitrogens with zero attached hydrogens (tertiary/aromatic N) is 4. The van der Waals surface area contributed by atoms with E-state index in [9.17, 15) is 4.79 Å². The maximum Gasteiger partial charge on any atom is 0.230 e. The quantitative estimate of drug-likeness (QED) is 0.806. The molecule has 0 N–H and O–H groups in total. The number of carbonyl (C=O) groups is 1. The first-order valence-electron chi connectivity index (χ1n) is 6.06. The first kappa shape index (κ1) is 11.1. The molecule has 0 saturated heterocycles. The van der Waals surface area contributed by atoms with Gasteiger partial charge in [0.05, 0.1) is 12.5 Å². The van der Waals surface area contributed by atoms with Crippen LogP contribution in [-0.4, -0.2) is 25.5 Å². The lowest BCUT2D eigenvalue weighted by Gasteiger charge is -2.16. The Balaban J connectivity index is 1.82. The molecule has 0 aromatic carbocycles. The largest absolute Gasteiger partial charge is 0.339 e. The zero-order valence-electron chi connectivity index (χ0n) is 10.2. The third kappa shape index (κ3) is 1.94. The molecule has 2 aromatic rings. The lowest BCUT2D eigenvalue weighted by atomic mass is 9.88. The van der Waals surface area contributed by atoms with E-state index in [-0.39, 0.29) is 5.92 Å². The van der Waals surface area contributed by atoms with E-state index in [0.29, 0.717) is 30.3 Å². The van der Waals surface area contributed by atoms with E-state index >= 15 is 0 Å². The van der Waals surface area contributed by atoms with E-state index < -0.39 is 0 Å². The van der Waals surface area contributed by atoms with Gasteiger partial charge in [-0.05, 0) is 12.8 Å². The summed E-state index contributed by atoms with van der Waals surface area (Å²) in [4.78, 5) is 19.6. The summed E-state index contributed by atoms with van der Waals surface area (Å²) in [7, 11) is 1.89. The van der Waals surface area contributed by atoms with Crippen LogP contribution in [0.3, 0.4) is 0 Å². The molecule has 1 aliphatic rings. The van der Waals surface area contributed by atoms with Crippen LogP contribution < -0.4 is 0 Å². The number of rotatable bonds is 2. The molecule has 2 heterocycles. The molecule has 0 radical (unpaired) electrons. The first-order valence-corrected chi connectivity index (χ1v) is 6.06. The van der Waals surface area contributed by atoms with E-state index in [0.717, 1.165) is 18.5 Å². The predicted octanol–water partition coefficient (Wildman–Crippen LogP) is 1.70. The van der Waals surface area contributed by atoms with Crippen LogP contribution in [0, 0.1) is 0 Å². The molecule has 6 nitrogen and oxygen atoms in total. The number of aromatic nitrogens is 4. The van der Waals surface area contributed by atoms with Crippen molar-refractivity contribution in [3.63, 3.8) is 0 Å². The van der Waals surface area contributed by atoms with E-state index in [4.69, 9.17) is 4.52 Å². The molecule has 1 saturated carbocycles. The molecular weight excluding hydrogens is 232 g/mol. The molecule has 2 aromatic heterocycles. The SMILES string of the molecule is Cn1cncc1-c1noc(C2CCC(=O)CC2)n1. The van der Waals surface area contributed by atoms with Crippen LogP contribution in [0.2, 0.25) is 0 Å². The Morgan fingerprint density at radius 3 is 2.83 bits per heavy atom. The Kier molecular flexibility index (Phi) is 2.70. The Hall–Kier alpha value is -1.98.